The van der Waals surface area contributed by atoms with Crippen molar-refractivity contribution in [3.8, 4) is 0 Å². The van der Waals surface area contributed by atoms with E-state index in [1.165, 1.54) is 0 Å². The summed E-state index contributed by atoms with van der Waals surface area (Å²) in [6.07, 6.45) is 3.66. The normalized spacial score (nSPS) is 15.6. The van der Waals surface area contributed by atoms with Crippen LogP contribution in [0.4, 0.5) is 0 Å². The van der Waals surface area contributed by atoms with Gasteiger partial charge >= 0.3 is 0 Å². The summed E-state index contributed by atoms with van der Waals surface area (Å²) >= 11 is 6.10. The lowest BCUT2D eigenvalue weighted by molar-refractivity contribution is -0.135. The second kappa shape index (κ2) is 10.1. The maximum Gasteiger partial charge on any atom is 0.224 e. The van der Waals surface area contributed by atoms with Crippen LogP contribution in [-0.2, 0) is 21.2 Å². The average Bonchev–Trinajstić information content (AvgIpc) is 3.66. The number of hydrogen-bond acceptors (Lipinski definition) is 4. The molecule has 0 N–H and O–H groups in total. The van der Waals surface area contributed by atoms with Gasteiger partial charge in [-0.05, 0) is 67.6 Å². The van der Waals surface area contributed by atoms with E-state index in [2.05, 4.69) is 4.98 Å². The van der Waals surface area contributed by atoms with E-state index < -0.39 is 15.1 Å². The molecule has 1 amide bonds. The Morgan fingerprint density at radius 1 is 1.03 bits per heavy atom. The molecule has 33 heavy (non-hydrogen) atoms. The Balaban J connectivity index is 1.64. The van der Waals surface area contributed by atoms with Crippen LogP contribution in [0.25, 0.3) is 0 Å². The van der Waals surface area contributed by atoms with Crippen LogP contribution in [0.1, 0.15) is 43.5 Å². The van der Waals surface area contributed by atoms with Crippen molar-refractivity contribution < 1.29 is 13.2 Å². The first-order valence-electron chi connectivity index (χ1n) is 11.1. The first kappa shape index (κ1) is 23.5. The van der Waals surface area contributed by atoms with Crippen molar-refractivity contribution >= 4 is 27.3 Å². The number of carbonyl (C=O) groups is 1. The maximum absolute atomic E-state index is 13.7. The summed E-state index contributed by atoms with van der Waals surface area (Å²) in [5.74, 6) is 0.138. The number of benzene rings is 2. The molecule has 5 nitrogen and oxygen atoms in total. The predicted molar refractivity (Wildman–Crippen MR) is 129 cm³/mol. The molecule has 0 radical (unpaired) electrons. The molecule has 0 spiro atoms. The van der Waals surface area contributed by atoms with Gasteiger partial charge in [-0.1, -0.05) is 48.0 Å². The number of sulfone groups is 1. The van der Waals surface area contributed by atoms with E-state index in [-0.39, 0.29) is 23.3 Å². The summed E-state index contributed by atoms with van der Waals surface area (Å²) in [5, 5.41) is -0.206. The number of aromatic nitrogens is 1. The summed E-state index contributed by atoms with van der Waals surface area (Å²) in [5.41, 5.74) is 1.77. The minimum Gasteiger partial charge on any atom is -0.329 e. The third-order valence-electron chi connectivity index (χ3n) is 6.06. The van der Waals surface area contributed by atoms with E-state index in [0.29, 0.717) is 17.5 Å². The fourth-order valence-corrected chi connectivity index (χ4v) is 5.59. The molecule has 7 heteroatoms. The number of rotatable bonds is 9. The zero-order valence-electron chi connectivity index (χ0n) is 18.5. The summed E-state index contributed by atoms with van der Waals surface area (Å²) < 4.78 is 26.1. The molecule has 1 aliphatic carbocycles. The number of nitrogens with zero attached hydrogens (tertiary/aromatic N) is 2. The lowest BCUT2D eigenvalue weighted by atomic mass is 9.99. The molecule has 1 aromatic heterocycles. The third-order valence-corrected chi connectivity index (χ3v) is 8.47. The zero-order chi connectivity index (χ0) is 23.4. The van der Waals surface area contributed by atoms with Crippen molar-refractivity contribution in [2.45, 2.75) is 48.9 Å². The molecule has 1 aliphatic rings. The van der Waals surface area contributed by atoms with Gasteiger partial charge in [-0.15, -0.1) is 0 Å². The maximum atomic E-state index is 13.7. The molecular formula is C26H27ClN2O3S. The largest absolute Gasteiger partial charge is 0.329 e. The molecule has 3 aromatic rings. The Morgan fingerprint density at radius 3 is 2.30 bits per heavy atom. The van der Waals surface area contributed by atoms with Crippen LogP contribution < -0.4 is 0 Å². The molecule has 172 valence electrons. The highest BCUT2D eigenvalue weighted by Gasteiger charge is 2.39. The number of halogens is 1. The molecular weight excluding hydrogens is 456 g/mol. The van der Waals surface area contributed by atoms with Gasteiger partial charge in [0.2, 0.25) is 5.91 Å². The van der Waals surface area contributed by atoms with Gasteiger partial charge in [-0.2, -0.15) is 0 Å². The van der Waals surface area contributed by atoms with E-state index in [1.54, 1.807) is 48.4 Å². The minimum absolute atomic E-state index is 0.0964. The first-order chi connectivity index (χ1) is 15.9. The van der Waals surface area contributed by atoms with E-state index in [4.69, 9.17) is 11.6 Å². The van der Waals surface area contributed by atoms with Crippen molar-refractivity contribution in [2.24, 2.45) is 5.92 Å². The van der Waals surface area contributed by atoms with Crippen molar-refractivity contribution in [1.82, 2.24) is 9.88 Å². The predicted octanol–water partition coefficient (Wildman–Crippen LogP) is 5.47. The fourth-order valence-electron chi connectivity index (χ4n) is 4.10. The molecule has 4 rings (SSSR count). The number of pyridine rings is 1. The Morgan fingerprint density at radius 2 is 1.70 bits per heavy atom. The number of carbonyl (C=O) groups excluding carboxylic acids is 1. The fraction of sp³-hybridized carbons (Fsp3) is 0.308. The van der Waals surface area contributed by atoms with Crippen molar-refractivity contribution in [2.75, 3.05) is 0 Å². The van der Waals surface area contributed by atoms with E-state index in [1.807, 2.05) is 42.5 Å². The van der Waals surface area contributed by atoms with E-state index in [9.17, 15) is 13.2 Å². The molecule has 0 saturated heterocycles. The summed E-state index contributed by atoms with van der Waals surface area (Å²) in [6, 6.07) is 21.3. The summed E-state index contributed by atoms with van der Waals surface area (Å²) in [6.45, 7) is 1.93. The van der Waals surface area contributed by atoms with Gasteiger partial charge in [0.05, 0.1) is 28.4 Å². The lowest BCUT2D eigenvalue weighted by Crippen LogP contribution is -2.38. The molecule has 2 aromatic carbocycles. The summed E-state index contributed by atoms with van der Waals surface area (Å²) in [4.78, 5) is 20.1. The second-order valence-electron chi connectivity index (χ2n) is 8.55. The van der Waals surface area contributed by atoms with Gasteiger partial charge in [0.1, 0.15) is 0 Å². The van der Waals surface area contributed by atoms with Crippen molar-refractivity contribution in [3.05, 3.63) is 95.3 Å². The quantitative estimate of drug-likeness (QED) is 0.405. The van der Waals surface area contributed by atoms with Crippen LogP contribution in [-0.4, -0.2) is 29.5 Å². The number of amides is 1. The highest BCUT2D eigenvalue weighted by molar-refractivity contribution is 7.92. The van der Waals surface area contributed by atoms with Gasteiger partial charge in [-0.3, -0.25) is 9.78 Å². The van der Waals surface area contributed by atoms with Crippen LogP contribution >= 0.6 is 11.6 Å². The Labute approximate surface area is 200 Å². The molecule has 0 aliphatic heterocycles. The highest BCUT2D eigenvalue weighted by Crippen LogP contribution is 2.45. The Kier molecular flexibility index (Phi) is 7.15. The van der Waals surface area contributed by atoms with Crippen LogP contribution in [0.2, 0.25) is 5.02 Å². The third kappa shape index (κ3) is 5.63. The molecule has 2 atom stereocenters. The van der Waals surface area contributed by atoms with Crippen LogP contribution in [0.15, 0.2) is 83.9 Å². The standard InChI is InChI=1S/C26H27ClN2O3S/c1-19(33(31,32)24-8-3-2-4-9-24)17-25(30)29(18-23-7-5-6-16-28-23)26(20-10-11-20)21-12-14-22(27)15-13-21/h2-9,12-16,19-20,26H,10-11,17-18H2,1H3. The van der Waals surface area contributed by atoms with Crippen LogP contribution in [0, 0.1) is 5.92 Å². The Hall–Kier alpha value is -2.70. The molecule has 1 heterocycles. The van der Waals surface area contributed by atoms with Gasteiger partial charge in [0, 0.05) is 17.6 Å². The second-order valence-corrected chi connectivity index (χ2v) is 11.4. The zero-order valence-corrected chi connectivity index (χ0v) is 20.0. The van der Waals surface area contributed by atoms with Gasteiger partial charge in [0.15, 0.2) is 9.84 Å². The van der Waals surface area contributed by atoms with E-state index in [0.717, 1.165) is 24.1 Å². The van der Waals surface area contributed by atoms with Gasteiger partial charge in [-0.25, -0.2) is 8.42 Å². The smallest absolute Gasteiger partial charge is 0.224 e. The van der Waals surface area contributed by atoms with Gasteiger partial charge < -0.3 is 4.90 Å². The Bertz CT molecular complexity index is 1180. The van der Waals surface area contributed by atoms with Crippen LogP contribution in [0.5, 0.6) is 0 Å². The average molecular weight is 483 g/mol. The topological polar surface area (TPSA) is 67.3 Å². The first-order valence-corrected chi connectivity index (χ1v) is 13.0. The minimum atomic E-state index is -3.62. The van der Waals surface area contributed by atoms with Gasteiger partial charge in [0.25, 0.3) is 0 Å². The summed E-state index contributed by atoms with van der Waals surface area (Å²) in [7, 11) is -3.62. The highest BCUT2D eigenvalue weighted by atomic mass is 35.5. The molecule has 0 bridgehead atoms. The van der Waals surface area contributed by atoms with Crippen molar-refractivity contribution in [3.63, 3.8) is 0 Å². The number of hydrogen-bond donors (Lipinski definition) is 0. The lowest BCUT2D eigenvalue weighted by Gasteiger charge is -2.33. The molecule has 1 fully saturated rings. The van der Waals surface area contributed by atoms with Crippen LogP contribution in [0.3, 0.4) is 0 Å². The van der Waals surface area contributed by atoms with E-state index >= 15 is 0 Å². The monoisotopic (exact) mass is 482 g/mol. The van der Waals surface area contributed by atoms with Crippen molar-refractivity contribution in [1.29, 1.82) is 0 Å². The SMILES string of the molecule is CC(CC(=O)N(Cc1ccccn1)C(c1ccc(Cl)cc1)C1CC1)S(=O)(=O)c1ccccc1. The molecule has 1 saturated carbocycles. The molecule has 2 unspecified atom stereocenters.